The SMILES string of the molecule is COc1ccc(NNNN(C(=N)N)c2ccccc2C)cc1OC. The average molecular weight is 330 g/mol. The van der Waals surface area contributed by atoms with Gasteiger partial charge in [-0.25, -0.2) is 5.01 Å². The number of anilines is 2. The van der Waals surface area contributed by atoms with Gasteiger partial charge in [-0.3, -0.25) is 5.41 Å². The number of nitrogens with two attached hydrogens (primary N) is 1. The van der Waals surface area contributed by atoms with Gasteiger partial charge in [0, 0.05) is 6.07 Å². The van der Waals surface area contributed by atoms with Crippen LogP contribution in [0.1, 0.15) is 5.56 Å². The van der Waals surface area contributed by atoms with Crippen molar-refractivity contribution < 1.29 is 9.47 Å². The summed E-state index contributed by atoms with van der Waals surface area (Å²) in [6.07, 6.45) is 0. The summed E-state index contributed by atoms with van der Waals surface area (Å²) in [7, 11) is 3.15. The number of guanidine groups is 1. The molecule has 0 bridgehead atoms. The minimum Gasteiger partial charge on any atom is -0.493 e. The molecule has 0 heterocycles. The molecule has 0 aliphatic heterocycles. The highest BCUT2D eigenvalue weighted by molar-refractivity contribution is 5.92. The molecule has 0 saturated carbocycles. The van der Waals surface area contributed by atoms with Crippen molar-refractivity contribution in [2.75, 3.05) is 24.7 Å². The molecular weight excluding hydrogens is 308 g/mol. The fourth-order valence-electron chi connectivity index (χ4n) is 2.13. The van der Waals surface area contributed by atoms with Crippen LogP contribution in [0.2, 0.25) is 0 Å². The van der Waals surface area contributed by atoms with Crippen LogP contribution in [0.15, 0.2) is 42.5 Å². The molecule has 0 spiro atoms. The lowest BCUT2D eigenvalue weighted by atomic mass is 10.2. The zero-order valence-corrected chi connectivity index (χ0v) is 13.9. The molecule has 0 atom stereocenters. The Kier molecular flexibility index (Phi) is 5.83. The van der Waals surface area contributed by atoms with Crippen molar-refractivity contribution in [3.63, 3.8) is 0 Å². The number of benzene rings is 2. The van der Waals surface area contributed by atoms with Gasteiger partial charge in [-0.15, -0.1) is 5.53 Å². The topological polar surface area (TPSA) is 108 Å². The second-order valence-electron chi connectivity index (χ2n) is 4.94. The monoisotopic (exact) mass is 330 g/mol. The quantitative estimate of drug-likeness (QED) is 0.299. The molecule has 8 nitrogen and oxygen atoms in total. The van der Waals surface area contributed by atoms with E-state index in [1.54, 1.807) is 26.4 Å². The zero-order valence-electron chi connectivity index (χ0n) is 13.9. The Labute approximate surface area is 141 Å². The van der Waals surface area contributed by atoms with Crippen molar-refractivity contribution in [3.8, 4) is 11.5 Å². The number of ether oxygens (including phenoxy) is 2. The molecule has 2 rings (SSSR count). The molecule has 2 aromatic carbocycles. The number of nitrogens with one attached hydrogen (secondary N) is 4. The predicted molar refractivity (Wildman–Crippen MR) is 95.0 cm³/mol. The van der Waals surface area contributed by atoms with Crippen LogP contribution in [-0.2, 0) is 0 Å². The standard InChI is InChI=1S/C16H22N6O2/c1-11-6-4-5-7-13(11)22(16(17)18)21-20-19-12-8-9-14(23-2)15(10-12)24-3/h4-10,19-21H,1-3H3,(H3,17,18). The van der Waals surface area contributed by atoms with E-state index >= 15 is 0 Å². The van der Waals surface area contributed by atoms with E-state index in [4.69, 9.17) is 20.6 Å². The van der Waals surface area contributed by atoms with Crippen molar-refractivity contribution >= 4 is 17.3 Å². The smallest absolute Gasteiger partial charge is 0.209 e. The Balaban J connectivity index is 2.04. The normalized spacial score (nSPS) is 10.1. The maximum atomic E-state index is 7.72. The van der Waals surface area contributed by atoms with E-state index in [2.05, 4.69) is 16.5 Å². The molecule has 128 valence electrons. The first-order valence-electron chi connectivity index (χ1n) is 7.25. The zero-order chi connectivity index (χ0) is 17.5. The molecule has 0 radical (unpaired) electrons. The van der Waals surface area contributed by atoms with E-state index in [1.165, 1.54) is 5.01 Å². The molecule has 0 amide bonds. The lowest BCUT2D eigenvalue weighted by Gasteiger charge is -2.25. The number of nitrogens with zero attached hydrogens (tertiary/aromatic N) is 1. The summed E-state index contributed by atoms with van der Waals surface area (Å²) < 4.78 is 10.4. The van der Waals surface area contributed by atoms with E-state index in [0.29, 0.717) is 11.5 Å². The third kappa shape index (κ3) is 4.06. The number of rotatable bonds is 7. The van der Waals surface area contributed by atoms with Crippen LogP contribution in [0.25, 0.3) is 0 Å². The van der Waals surface area contributed by atoms with Crippen LogP contribution in [0.3, 0.4) is 0 Å². The van der Waals surface area contributed by atoms with Crippen molar-refractivity contribution in [2.45, 2.75) is 6.92 Å². The first-order valence-corrected chi connectivity index (χ1v) is 7.25. The summed E-state index contributed by atoms with van der Waals surface area (Å²) in [5.41, 5.74) is 16.7. The van der Waals surface area contributed by atoms with Gasteiger partial charge >= 0.3 is 0 Å². The number of hydrogen-bond donors (Lipinski definition) is 5. The predicted octanol–water partition coefficient (Wildman–Crippen LogP) is 1.75. The van der Waals surface area contributed by atoms with Gasteiger partial charge in [-0.1, -0.05) is 18.2 Å². The van der Waals surface area contributed by atoms with Gasteiger partial charge in [0.15, 0.2) is 11.5 Å². The summed E-state index contributed by atoms with van der Waals surface area (Å²) in [4.78, 5) is 0. The molecular formula is C16H22N6O2. The van der Waals surface area contributed by atoms with Gasteiger partial charge in [-0.05, 0) is 30.7 Å². The Morgan fingerprint density at radius 3 is 2.42 bits per heavy atom. The fraction of sp³-hybridized carbons (Fsp3) is 0.188. The first-order chi connectivity index (χ1) is 11.6. The third-order valence-electron chi connectivity index (χ3n) is 3.36. The first kappa shape index (κ1) is 17.4. The lowest BCUT2D eigenvalue weighted by molar-refractivity contribution is 0.355. The van der Waals surface area contributed by atoms with Gasteiger partial charge in [-0.2, -0.15) is 5.53 Å². The number of methoxy groups -OCH3 is 2. The van der Waals surface area contributed by atoms with Crippen LogP contribution in [0.5, 0.6) is 11.5 Å². The van der Waals surface area contributed by atoms with E-state index in [9.17, 15) is 0 Å². The number of hydrazine groups is 3. The fourth-order valence-corrected chi connectivity index (χ4v) is 2.13. The molecule has 0 fully saturated rings. The Hall–Kier alpha value is -2.97. The maximum absolute atomic E-state index is 7.72. The summed E-state index contributed by atoms with van der Waals surface area (Å²) in [5, 5.41) is 9.14. The second kappa shape index (κ2) is 8.04. The van der Waals surface area contributed by atoms with E-state index in [-0.39, 0.29) is 5.96 Å². The Morgan fingerprint density at radius 1 is 1.08 bits per heavy atom. The minimum atomic E-state index is -0.147. The van der Waals surface area contributed by atoms with Crippen molar-refractivity contribution in [1.29, 1.82) is 5.41 Å². The van der Waals surface area contributed by atoms with Crippen LogP contribution in [0.4, 0.5) is 11.4 Å². The Morgan fingerprint density at radius 2 is 1.79 bits per heavy atom. The number of aryl methyl sites for hydroxylation is 1. The van der Waals surface area contributed by atoms with Gasteiger partial charge in [0.1, 0.15) is 0 Å². The second-order valence-corrected chi connectivity index (χ2v) is 4.94. The van der Waals surface area contributed by atoms with Crippen LogP contribution >= 0.6 is 0 Å². The van der Waals surface area contributed by atoms with E-state index < -0.39 is 0 Å². The van der Waals surface area contributed by atoms with Crippen LogP contribution < -0.4 is 36.7 Å². The highest BCUT2D eigenvalue weighted by Crippen LogP contribution is 2.29. The Bertz CT molecular complexity index is 707. The van der Waals surface area contributed by atoms with E-state index in [0.717, 1.165) is 16.9 Å². The van der Waals surface area contributed by atoms with Crippen molar-refractivity contribution in [2.24, 2.45) is 5.73 Å². The summed E-state index contributed by atoms with van der Waals surface area (Å²) in [5.74, 6) is 1.10. The highest BCUT2D eigenvalue weighted by atomic mass is 16.5. The van der Waals surface area contributed by atoms with Crippen molar-refractivity contribution in [1.82, 2.24) is 11.1 Å². The number of para-hydroxylation sites is 1. The van der Waals surface area contributed by atoms with Crippen LogP contribution in [0, 0.1) is 12.3 Å². The summed E-state index contributed by atoms with van der Waals surface area (Å²) >= 11 is 0. The molecule has 8 heteroatoms. The van der Waals surface area contributed by atoms with Gasteiger partial charge in [0.25, 0.3) is 0 Å². The molecule has 2 aromatic rings. The van der Waals surface area contributed by atoms with Crippen LogP contribution in [-0.4, -0.2) is 20.2 Å². The highest BCUT2D eigenvalue weighted by Gasteiger charge is 2.11. The molecule has 24 heavy (non-hydrogen) atoms. The number of hydrogen-bond acceptors (Lipinski definition) is 6. The average Bonchev–Trinajstić information content (AvgIpc) is 2.59. The molecule has 0 saturated heterocycles. The molecule has 0 aromatic heterocycles. The maximum Gasteiger partial charge on any atom is 0.209 e. The van der Waals surface area contributed by atoms with Gasteiger partial charge in [0.2, 0.25) is 5.96 Å². The largest absolute Gasteiger partial charge is 0.493 e. The minimum absolute atomic E-state index is 0.147. The lowest BCUT2D eigenvalue weighted by Crippen LogP contribution is -2.55. The van der Waals surface area contributed by atoms with Gasteiger partial charge < -0.3 is 20.6 Å². The van der Waals surface area contributed by atoms with Crippen molar-refractivity contribution in [3.05, 3.63) is 48.0 Å². The molecule has 0 unspecified atom stereocenters. The molecule has 6 N–H and O–H groups in total. The molecule has 0 aliphatic carbocycles. The van der Waals surface area contributed by atoms with E-state index in [1.807, 2.05) is 37.3 Å². The molecule has 0 aliphatic rings. The third-order valence-corrected chi connectivity index (χ3v) is 3.36. The van der Waals surface area contributed by atoms with Gasteiger partial charge in [0.05, 0.1) is 25.6 Å². The summed E-state index contributed by atoms with van der Waals surface area (Å²) in [6, 6.07) is 13.0. The summed E-state index contributed by atoms with van der Waals surface area (Å²) in [6.45, 7) is 1.94.